The van der Waals surface area contributed by atoms with E-state index in [-0.39, 0.29) is 0 Å². The molecule has 2 heterocycles. The van der Waals surface area contributed by atoms with Crippen LogP contribution in [-0.4, -0.2) is 41.0 Å². The summed E-state index contributed by atoms with van der Waals surface area (Å²) >= 11 is 4.70. The van der Waals surface area contributed by atoms with Gasteiger partial charge in [0.2, 0.25) is 0 Å². The van der Waals surface area contributed by atoms with Gasteiger partial charge in [-0.15, -0.1) is 4.31 Å². The smallest absolute Gasteiger partial charge is 0.318 e. The number of hydroxylamine groups is 1. The minimum absolute atomic E-state index is 0.345. The zero-order chi connectivity index (χ0) is 15.1. The maximum absolute atomic E-state index is 12.5. The third-order valence-corrected chi connectivity index (χ3v) is 5.22. The average molecular weight is 327 g/mol. The van der Waals surface area contributed by atoms with E-state index in [0.717, 1.165) is 10.3 Å². The topological polar surface area (TPSA) is 52.9 Å². The Morgan fingerprint density at radius 1 is 1.38 bits per heavy atom. The second-order valence-corrected chi connectivity index (χ2v) is 6.75. The van der Waals surface area contributed by atoms with Crippen LogP contribution < -0.4 is 0 Å². The van der Waals surface area contributed by atoms with Crippen molar-refractivity contribution in [2.24, 2.45) is 0 Å². The van der Waals surface area contributed by atoms with E-state index in [0.29, 0.717) is 18.1 Å². The van der Waals surface area contributed by atoms with E-state index in [1.165, 1.54) is 4.42 Å². The molecule has 112 valence electrons. The summed E-state index contributed by atoms with van der Waals surface area (Å²) in [5.74, 6) is 0.345. The Labute approximate surface area is 130 Å². The van der Waals surface area contributed by atoms with Crippen LogP contribution >= 0.6 is 11.8 Å². The fourth-order valence-electron chi connectivity index (χ4n) is 2.36. The molecule has 0 N–H and O–H groups in total. The number of hydrogen-bond acceptors (Lipinski definition) is 3. The van der Waals surface area contributed by atoms with Crippen molar-refractivity contribution < 1.29 is 8.95 Å². The van der Waals surface area contributed by atoms with Gasteiger partial charge in [0.15, 0.2) is 11.9 Å². The molecule has 2 aliphatic heterocycles. The summed E-state index contributed by atoms with van der Waals surface area (Å²) < 4.78 is 17.8. The van der Waals surface area contributed by atoms with E-state index in [1.54, 1.807) is 28.8 Å². The molecule has 3 rings (SSSR count). The van der Waals surface area contributed by atoms with Gasteiger partial charge in [0, 0.05) is 25.0 Å². The van der Waals surface area contributed by atoms with Gasteiger partial charge in [-0.2, -0.15) is 4.21 Å². The monoisotopic (exact) mass is 326 g/mol. The molecule has 0 spiro atoms. The van der Waals surface area contributed by atoms with Crippen molar-refractivity contribution in [3.63, 3.8) is 0 Å². The van der Waals surface area contributed by atoms with Gasteiger partial charge in [-0.05, 0) is 12.5 Å². The van der Waals surface area contributed by atoms with Crippen molar-refractivity contribution in [2.45, 2.75) is 19.6 Å². The largest absolute Gasteiger partial charge is 0.713 e. The maximum atomic E-state index is 12.5. The summed E-state index contributed by atoms with van der Waals surface area (Å²) in [6.45, 7) is 2.08. The molecular formula is C13H15ClN4O2S. The minimum atomic E-state index is -1.46. The summed E-state index contributed by atoms with van der Waals surface area (Å²) in [5, 5.41) is 12.3. The highest BCUT2D eigenvalue weighted by molar-refractivity contribution is 7.81. The van der Waals surface area contributed by atoms with Gasteiger partial charge < -0.3 is 5.21 Å². The lowest BCUT2D eigenvalue weighted by Crippen LogP contribution is -2.45. The highest BCUT2D eigenvalue weighted by atomic mass is 35.5. The van der Waals surface area contributed by atoms with Gasteiger partial charge in [0.05, 0.1) is 0 Å². The van der Waals surface area contributed by atoms with E-state index in [2.05, 4.69) is 0 Å². The number of fused-ring (bicyclic) bond motifs is 1. The molecular weight excluding hydrogens is 312 g/mol. The van der Waals surface area contributed by atoms with E-state index in [1.807, 2.05) is 30.3 Å². The molecule has 0 fully saturated rings. The Bertz CT molecular complexity index is 649. The van der Waals surface area contributed by atoms with E-state index in [9.17, 15) is 9.42 Å². The lowest BCUT2D eigenvalue weighted by molar-refractivity contribution is -0.507. The van der Waals surface area contributed by atoms with E-state index >= 15 is 0 Å². The first-order chi connectivity index (χ1) is 10.0. The van der Waals surface area contributed by atoms with Gasteiger partial charge in [-0.1, -0.05) is 30.3 Å². The number of halogens is 1. The van der Waals surface area contributed by atoms with Crippen LogP contribution in [0.25, 0.3) is 0 Å². The first-order valence-corrected chi connectivity index (χ1v) is 7.87. The minimum Gasteiger partial charge on any atom is -0.713 e. The molecule has 1 aromatic rings. The zero-order valence-electron chi connectivity index (χ0n) is 11.6. The van der Waals surface area contributed by atoms with Gasteiger partial charge in [-0.3, -0.25) is 4.31 Å². The van der Waals surface area contributed by atoms with Crippen molar-refractivity contribution in [1.82, 2.24) is 13.0 Å². The van der Waals surface area contributed by atoms with Gasteiger partial charge >= 0.3 is 17.0 Å². The van der Waals surface area contributed by atoms with Gasteiger partial charge in [0.25, 0.3) is 0 Å². The second kappa shape index (κ2) is 5.23. The van der Waals surface area contributed by atoms with Gasteiger partial charge in [0.1, 0.15) is 6.54 Å². The third kappa shape index (κ3) is 2.26. The second-order valence-electron chi connectivity index (χ2n) is 4.91. The summed E-state index contributed by atoms with van der Waals surface area (Å²) in [6, 6.07) is 9.60. The fraction of sp³-hybridized carbons (Fsp3) is 0.308. The van der Waals surface area contributed by atoms with Crippen molar-refractivity contribution in [3.8, 4) is 0 Å². The van der Waals surface area contributed by atoms with Crippen molar-refractivity contribution in [3.05, 3.63) is 53.0 Å². The van der Waals surface area contributed by atoms with E-state index in [4.69, 9.17) is 11.8 Å². The number of benzene rings is 1. The molecule has 1 aromatic carbocycles. The third-order valence-electron chi connectivity index (χ3n) is 3.48. The predicted octanol–water partition coefficient (Wildman–Crippen LogP) is 1.58. The van der Waals surface area contributed by atoms with Crippen LogP contribution in [0.15, 0.2) is 42.2 Å². The van der Waals surface area contributed by atoms with Crippen LogP contribution in [0.2, 0.25) is 0 Å². The van der Waals surface area contributed by atoms with Crippen LogP contribution in [0.4, 0.5) is 0 Å². The maximum Gasteiger partial charge on any atom is 0.318 e. The Morgan fingerprint density at radius 2 is 2.05 bits per heavy atom. The molecule has 2 unspecified atom stereocenters. The van der Waals surface area contributed by atoms with Crippen LogP contribution in [-0.2, 0) is 17.7 Å². The number of rotatable bonds is 2. The Kier molecular flexibility index (Phi) is 3.54. The van der Waals surface area contributed by atoms with E-state index < -0.39 is 17.3 Å². The summed E-state index contributed by atoms with van der Waals surface area (Å²) in [4.78, 5) is 0. The molecule has 0 aromatic heterocycles. The summed E-state index contributed by atoms with van der Waals surface area (Å²) in [6.07, 6.45) is 1.10. The molecule has 2 aliphatic rings. The van der Waals surface area contributed by atoms with Gasteiger partial charge in [-0.25, -0.2) is 9.16 Å². The number of hydrogen-bond donors (Lipinski definition) is 0. The molecule has 2 atom stereocenters. The predicted molar refractivity (Wildman–Crippen MR) is 81.8 cm³/mol. The van der Waals surface area contributed by atoms with Crippen molar-refractivity contribution in [1.29, 1.82) is 0 Å². The Hall–Kier alpha value is -1.73. The molecule has 0 amide bonds. The first-order valence-electron chi connectivity index (χ1n) is 6.47. The first kappa shape index (κ1) is 14.2. The molecule has 0 radical (unpaired) electrons. The normalized spacial score (nSPS) is 25.3. The highest BCUT2D eigenvalue weighted by Gasteiger charge is 2.46. The summed E-state index contributed by atoms with van der Waals surface area (Å²) in [7, 11) is 1.70. The quantitative estimate of drug-likeness (QED) is 0.471. The molecule has 0 saturated carbocycles. The molecule has 21 heavy (non-hydrogen) atoms. The molecule has 0 aliphatic carbocycles. The SMILES string of the molecule is CC1N(Cl)C2=CN(C)S(=O)N(Cc3ccccc3)C2=[N+]1[O-]. The Balaban J connectivity index is 2.03. The molecule has 8 heteroatoms. The van der Waals surface area contributed by atoms with Crippen LogP contribution in [0, 0.1) is 5.21 Å². The lowest BCUT2D eigenvalue weighted by Gasteiger charge is -2.26. The molecule has 0 saturated heterocycles. The Morgan fingerprint density at radius 3 is 2.71 bits per heavy atom. The standard InChI is InChI=1S/C13H15ClN4O2S/c1-10-17(14)12-9-15(2)21(20)16(13(12)18(10)19)8-11-6-4-3-5-7-11/h3-7,9-10H,8H2,1-2H3. The van der Waals surface area contributed by atoms with Crippen molar-refractivity contribution >= 4 is 28.8 Å². The lowest BCUT2D eigenvalue weighted by atomic mass is 10.2. The van der Waals surface area contributed by atoms with Crippen molar-refractivity contribution in [2.75, 3.05) is 7.05 Å². The fourth-order valence-corrected chi connectivity index (χ4v) is 3.64. The molecule has 6 nitrogen and oxygen atoms in total. The summed E-state index contributed by atoms with van der Waals surface area (Å²) in [5.41, 5.74) is 1.54. The van der Waals surface area contributed by atoms with Crippen LogP contribution in [0.1, 0.15) is 12.5 Å². The molecule has 0 bridgehead atoms. The average Bonchev–Trinajstić information content (AvgIpc) is 2.69. The van der Waals surface area contributed by atoms with Crippen LogP contribution in [0.3, 0.4) is 0 Å². The number of nitrogens with zero attached hydrogens (tertiary/aromatic N) is 4. The zero-order valence-corrected chi connectivity index (χ0v) is 13.2. The highest BCUT2D eigenvalue weighted by Crippen LogP contribution is 2.30. The number of amidine groups is 1. The van der Waals surface area contributed by atoms with Crippen LogP contribution in [0.5, 0.6) is 0 Å².